The Morgan fingerprint density at radius 3 is 1.24 bits per heavy atom. The number of aliphatic hydroxyl groups excluding tert-OH is 2. The lowest BCUT2D eigenvalue weighted by atomic mass is 10.0. The highest BCUT2D eigenvalue weighted by molar-refractivity contribution is 5.77. The van der Waals surface area contributed by atoms with Crippen LogP contribution >= 0.6 is 0 Å². The molecule has 0 saturated carbocycles. The number of allylic oxidation sites excluding steroid dienone is 6. The normalized spacial score (nSPS) is 13.4. The third-order valence-corrected chi connectivity index (χ3v) is 12.7. The van der Waals surface area contributed by atoms with Gasteiger partial charge in [-0.3, -0.25) is 9.59 Å². The number of rotatable bonds is 50. The van der Waals surface area contributed by atoms with E-state index in [1.807, 2.05) is 0 Å². The number of aliphatic hydroxyl groups is 2. The molecule has 0 aromatic carbocycles. The Kier molecular flexibility index (Phi) is 49.5. The molecule has 0 aliphatic carbocycles. The SMILES string of the molecule is CCCCC/C=C\C/C=C\C/C=C\CCCCC(CC(=O)NC(CO)C(O)CCCCCCCCCCCC)OC(=O)CCCCCCCCCCCCCCCCCCCCC. The molecule has 0 fully saturated rings. The fourth-order valence-corrected chi connectivity index (χ4v) is 8.50. The van der Waals surface area contributed by atoms with Gasteiger partial charge >= 0.3 is 5.97 Å². The van der Waals surface area contributed by atoms with E-state index >= 15 is 0 Å². The minimum Gasteiger partial charge on any atom is -0.462 e. The van der Waals surface area contributed by atoms with Crippen molar-refractivity contribution in [1.82, 2.24) is 5.32 Å². The van der Waals surface area contributed by atoms with Crippen LogP contribution in [-0.2, 0) is 14.3 Å². The van der Waals surface area contributed by atoms with Gasteiger partial charge in [-0.2, -0.15) is 0 Å². The van der Waals surface area contributed by atoms with Crippen molar-refractivity contribution >= 4 is 11.9 Å². The molecule has 0 bridgehead atoms. The van der Waals surface area contributed by atoms with Gasteiger partial charge in [0.2, 0.25) is 5.91 Å². The molecule has 0 rings (SSSR count). The number of nitrogens with one attached hydrogen (secondary N) is 1. The van der Waals surface area contributed by atoms with E-state index in [1.54, 1.807) is 0 Å². The average molecular weight is 886 g/mol. The lowest BCUT2D eigenvalue weighted by molar-refractivity contribution is -0.151. The molecule has 3 unspecified atom stereocenters. The molecule has 3 N–H and O–H groups in total. The number of unbranched alkanes of at least 4 members (excludes halogenated alkanes) is 32. The van der Waals surface area contributed by atoms with Gasteiger partial charge in [0.1, 0.15) is 6.10 Å². The van der Waals surface area contributed by atoms with Crippen LogP contribution in [0.1, 0.15) is 290 Å². The summed E-state index contributed by atoms with van der Waals surface area (Å²) in [6.45, 7) is 6.46. The van der Waals surface area contributed by atoms with E-state index in [2.05, 4.69) is 62.5 Å². The maximum Gasteiger partial charge on any atom is 0.306 e. The summed E-state index contributed by atoms with van der Waals surface area (Å²) >= 11 is 0. The Bertz CT molecular complexity index is 1040. The van der Waals surface area contributed by atoms with Crippen molar-refractivity contribution in [2.45, 2.75) is 309 Å². The molecule has 6 heteroatoms. The highest BCUT2D eigenvalue weighted by atomic mass is 16.5. The van der Waals surface area contributed by atoms with E-state index < -0.39 is 18.2 Å². The van der Waals surface area contributed by atoms with Gasteiger partial charge < -0.3 is 20.3 Å². The number of hydrogen-bond acceptors (Lipinski definition) is 5. The van der Waals surface area contributed by atoms with Gasteiger partial charge in [0, 0.05) is 6.42 Å². The molecule has 0 heterocycles. The average Bonchev–Trinajstić information content (AvgIpc) is 3.28. The molecule has 0 aliphatic rings. The second kappa shape index (κ2) is 51.1. The molecule has 0 spiro atoms. The maximum atomic E-state index is 13.2. The van der Waals surface area contributed by atoms with E-state index in [0.29, 0.717) is 19.3 Å². The molecular weight excluding hydrogens is 779 g/mol. The Hall–Kier alpha value is -1.92. The van der Waals surface area contributed by atoms with E-state index in [-0.39, 0.29) is 24.9 Å². The summed E-state index contributed by atoms with van der Waals surface area (Å²) in [7, 11) is 0. The first-order valence-corrected chi connectivity index (χ1v) is 27.7. The van der Waals surface area contributed by atoms with Crippen LogP contribution in [-0.4, -0.2) is 46.9 Å². The second-order valence-corrected chi connectivity index (χ2v) is 19.0. The van der Waals surface area contributed by atoms with Gasteiger partial charge in [-0.05, 0) is 64.2 Å². The number of amides is 1. The van der Waals surface area contributed by atoms with Crippen molar-refractivity contribution in [2.75, 3.05) is 6.61 Å². The predicted molar refractivity (Wildman–Crippen MR) is 273 cm³/mol. The highest BCUT2D eigenvalue weighted by Gasteiger charge is 2.24. The van der Waals surface area contributed by atoms with Crippen molar-refractivity contribution in [3.8, 4) is 0 Å². The van der Waals surface area contributed by atoms with Crippen LogP contribution in [0.25, 0.3) is 0 Å². The third kappa shape index (κ3) is 46.4. The van der Waals surface area contributed by atoms with Gasteiger partial charge in [0.05, 0.1) is 25.2 Å². The Labute approximate surface area is 392 Å². The molecule has 0 saturated heterocycles. The summed E-state index contributed by atoms with van der Waals surface area (Å²) in [6, 6.07) is -0.710. The van der Waals surface area contributed by atoms with Crippen LogP contribution in [0.4, 0.5) is 0 Å². The van der Waals surface area contributed by atoms with Crippen molar-refractivity contribution in [3.63, 3.8) is 0 Å². The van der Waals surface area contributed by atoms with Crippen LogP contribution in [0.2, 0.25) is 0 Å². The predicted octanol–water partition coefficient (Wildman–Crippen LogP) is 16.8. The van der Waals surface area contributed by atoms with E-state index in [0.717, 1.165) is 70.6 Å². The monoisotopic (exact) mass is 886 g/mol. The molecule has 0 aromatic heterocycles. The number of esters is 1. The van der Waals surface area contributed by atoms with Gasteiger partial charge in [-0.1, -0.05) is 250 Å². The van der Waals surface area contributed by atoms with Crippen LogP contribution in [0, 0.1) is 0 Å². The standard InChI is InChI=1S/C57H107NO5/c1-4-7-10-13-16-19-22-24-26-27-28-29-31-33-35-38-41-44-47-50-57(62)63-53(48-45-42-39-36-34-32-30-25-23-20-17-14-11-8-5-2)51-56(61)58-54(52-59)55(60)49-46-43-40-37-21-18-15-12-9-6-3/h17,20,25,30,34,36,53-55,59-60H,4-16,18-19,21-24,26-29,31-33,35,37-52H2,1-3H3,(H,58,61)/b20-17-,30-25-,36-34-. The largest absolute Gasteiger partial charge is 0.462 e. The van der Waals surface area contributed by atoms with Crippen LogP contribution in [0.15, 0.2) is 36.5 Å². The molecule has 0 aromatic rings. The number of carbonyl (C=O) groups excluding carboxylic acids is 2. The summed E-state index contributed by atoms with van der Waals surface area (Å²) in [6.07, 6.45) is 60.7. The number of hydrogen-bond donors (Lipinski definition) is 3. The zero-order chi connectivity index (χ0) is 45.9. The fourth-order valence-electron chi connectivity index (χ4n) is 8.50. The van der Waals surface area contributed by atoms with Crippen molar-refractivity contribution in [1.29, 1.82) is 0 Å². The van der Waals surface area contributed by atoms with E-state index in [1.165, 1.54) is 173 Å². The van der Waals surface area contributed by atoms with Crippen LogP contribution in [0.3, 0.4) is 0 Å². The smallest absolute Gasteiger partial charge is 0.306 e. The van der Waals surface area contributed by atoms with Crippen LogP contribution < -0.4 is 5.32 Å². The van der Waals surface area contributed by atoms with E-state index in [4.69, 9.17) is 4.74 Å². The maximum absolute atomic E-state index is 13.2. The lowest BCUT2D eigenvalue weighted by Crippen LogP contribution is -2.46. The summed E-state index contributed by atoms with van der Waals surface area (Å²) in [5.41, 5.74) is 0. The molecule has 0 radical (unpaired) electrons. The number of carbonyl (C=O) groups is 2. The minimum atomic E-state index is -0.794. The summed E-state index contributed by atoms with van der Waals surface area (Å²) in [4.78, 5) is 26.2. The van der Waals surface area contributed by atoms with Crippen LogP contribution in [0.5, 0.6) is 0 Å². The van der Waals surface area contributed by atoms with Gasteiger partial charge in [-0.15, -0.1) is 0 Å². The molecule has 3 atom stereocenters. The summed E-state index contributed by atoms with van der Waals surface area (Å²) in [5, 5.41) is 23.7. The molecule has 0 aliphatic heterocycles. The lowest BCUT2D eigenvalue weighted by Gasteiger charge is -2.24. The van der Waals surface area contributed by atoms with Gasteiger partial charge in [0.15, 0.2) is 0 Å². The van der Waals surface area contributed by atoms with Crippen molar-refractivity contribution in [3.05, 3.63) is 36.5 Å². The first-order chi connectivity index (χ1) is 31.0. The Balaban J connectivity index is 4.55. The molecule has 6 nitrogen and oxygen atoms in total. The second-order valence-electron chi connectivity index (χ2n) is 19.0. The third-order valence-electron chi connectivity index (χ3n) is 12.7. The zero-order valence-corrected chi connectivity index (χ0v) is 42.2. The molecule has 63 heavy (non-hydrogen) atoms. The topological polar surface area (TPSA) is 95.9 Å². The molecule has 370 valence electrons. The van der Waals surface area contributed by atoms with Gasteiger partial charge in [-0.25, -0.2) is 0 Å². The molecule has 1 amide bonds. The Morgan fingerprint density at radius 1 is 0.460 bits per heavy atom. The van der Waals surface area contributed by atoms with E-state index in [9.17, 15) is 19.8 Å². The summed E-state index contributed by atoms with van der Waals surface area (Å²) < 4.78 is 5.93. The number of ether oxygens (including phenoxy) is 1. The first-order valence-electron chi connectivity index (χ1n) is 27.7. The molecular formula is C57H107NO5. The van der Waals surface area contributed by atoms with Gasteiger partial charge in [0.25, 0.3) is 0 Å². The minimum absolute atomic E-state index is 0.0556. The van der Waals surface area contributed by atoms with Crippen molar-refractivity contribution in [2.24, 2.45) is 0 Å². The highest BCUT2D eigenvalue weighted by Crippen LogP contribution is 2.18. The Morgan fingerprint density at radius 2 is 0.810 bits per heavy atom. The fraction of sp³-hybridized carbons (Fsp3) is 0.860. The quantitative estimate of drug-likeness (QED) is 0.0321. The first kappa shape index (κ1) is 61.1. The zero-order valence-electron chi connectivity index (χ0n) is 42.2. The summed E-state index contributed by atoms with van der Waals surface area (Å²) in [5.74, 6) is -0.498. The van der Waals surface area contributed by atoms with Crippen molar-refractivity contribution < 1.29 is 24.5 Å².